The molecule has 4 nitrogen and oxygen atoms in total. The second-order valence-electron chi connectivity index (χ2n) is 5.75. The molecule has 114 valence electrons. The third-order valence-electron chi connectivity index (χ3n) is 4.42. The monoisotopic (exact) mass is 358 g/mol. The summed E-state index contributed by atoms with van der Waals surface area (Å²) in [5, 5.41) is 14.0. The standard InChI is InChI=1S/C17H19AsN2O2/c1-3-12-11-13(17(16(21)22)8-4-9-17)5-6-14(12)18-15-7-10-20(2)19-15/h3,5-7,10-11,18H,1,4,8-9H2,2H3,(H,21,22). The SMILES string of the molecule is C=Cc1cc(C2(C(=O)O)CCC2)ccc1[AsH]c1ccn(C)n1. The number of carbonyl (C=O) groups is 1. The maximum absolute atomic E-state index is 11.7. The second-order valence-corrected chi connectivity index (χ2v) is 8.48. The van der Waals surface area contributed by atoms with Gasteiger partial charge in [-0.15, -0.1) is 0 Å². The van der Waals surface area contributed by atoms with Crippen molar-refractivity contribution < 1.29 is 9.90 Å². The van der Waals surface area contributed by atoms with Gasteiger partial charge >= 0.3 is 136 Å². The van der Waals surface area contributed by atoms with Crippen molar-refractivity contribution in [2.75, 3.05) is 0 Å². The summed E-state index contributed by atoms with van der Waals surface area (Å²) in [6, 6.07) is 8.12. The van der Waals surface area contributed by atoms with Crippen LogP contribution in [0.2, 0.25) is 0 Å². The fourth-order valence-corrected chi connectivity index (χ4v) is 5.28. The van der Waals surface area contributed by atoms with Crippen LogP contribution in [-0.2, 0) is 17.3 Å². The molecule has 1 aliphatic rings. The molecule has 3 rings (SSSR count). The summed E-state index contributed by atoms with van der Waals surface area (Å²) in [6.45, 7) is 3.90. The van der Waals surface area contributed by atoms with Gasteiger partial charge in [-0.05, 0) is 0 Å². The molecule has 0 spiro atoms. The van der Waals surface area contributed by atoms with Crippen LogP contribution < -0.4 is 8.83 Å². The van der Waals surface area contributed by atoms with Crippen molar-refractivity contribution in [3.63, 3.8) is 0 Å². The van der Waals surface area contributed by atoms with E-state index < -0.39 is 27.1 Å². The van der Waals surface area contributed by atoms with E-state index in [1.807, 2.05) is 42.2 Å². The number of rotatable bonds is 5. The van der Waals surface area contributed by atoms with Gasteiger partial charge in [0.25, 0.3) is 0 Å². The Morgan fingerprint density at radius 3 is 2.73 bits per heavy atom. The zero-order valence-corrected chi connectivity index (χ0v) is 14.6. The normalized spacial score (nSPS) is 16.6. The van der Waals surface area contributed by atoms with Crippen LogP contribution in [0.4, 0.5) is 0 Å². The number of aliphatic carboxylic acids is 1. The van der Waals surface area contributed by atoms with Gasteiger partial charge in [0, 0.05) is 0 Å². The van der Waals surface area contributed by atoms with E-state index in [0.717, 1.165) is 34.9 Å². The number of carboxylic acids is 1. The molecule has 1 fully saturated rings. The van der Waals surface area contributed by atoms with E-state index in [2.05, 4.69) is 17.7 Å². The Morgan fingerprint density at radius 1 is 1.45 bits per heavy atom. The maximum atomic E-state index is 11.7. The van der Waals surface area contributed by atoms with Crippen molar-refractivity contribution in [1.82, 2.24) is 9.78 Å². The minimum atomic E-state index is -0.706. The quantitative estimate of drug-likeness (QED) is 0.810. The van der Waals surface area contributed by atoms with Crippen molar-refractivity contribution in [2.45, 2.75) is 24.7 Å². The molecule has 1 heterocycles. The van der Waals surface area contributed by atoms with E-state index in [1.54, 1.807) is 0 Å². The van der Waals surface area contributed by atoms with Crippen molar-refractivity contribution in [3.8, 4) is 0 Å². The number of carboxylic acid groups (broad SMARTS) is 1. The Hall–Kier alpha value is -1.80. The first-order valence-corrected chi connectivity index (χ1v) is 9.42. The zero-order chi connectivity index (χ0) is 15.7. The van der Waals surface area contributed by atoms with Crippen molar-refractivity contribution >= 4 is 36.6 Å². The molecule has 0 aliphatic heterocycles. The topological polar surface area (TPSA) is 55.1 Å². The van der Waals surface area contributed by atoms with Crippen LogP contribution in [0.15, 0.2) is 37.0 Å². The Bertz CT molecular complexity index is 732. The van der Waals surface area contributed by atoms with Crippen LogP contribution in [0.5, 0.6) is 0 Å². The molecular formula is C17H19AsN2O2. The number of hydrogen-bond donors (Lipinski definition) is 1. The van der Waals surface area contributed by atoms with Crippen molar-refractivity contribution in [3.05, 3.63) is 48.2 Å². The molecule has 0 bridgehead atoms. The minimum absolute atomic E-state index is 0.532. The average Bonchev–Trinajstić information content (AvgIpc) is 2.84. The van der Waals surface area contributed by atoms with Gasteiger partial charge in [0.05, 0.1) is 0 Å². The molecule has 1 aromatic carbocycles. The molecule has 2 aromatic rings. The van der Waals surface area contributed by atoms with Crippen LogP contribution in [-0.4, -0.2) is 36.6 Å². The van der Waals surface area contributed by atoms with Gasteiger partial charge in [0.1, 0.15) is 0 Å². The first kappa shape index (κ1) is 15.1. The average molecular weight is 358 g/mol. The molecule has 1 atom stereocenters. The number of hydrogen-bond acceptors (Lipinski definition) is 2. The molecule has 1 aliphatic carbocycles. The third kappa shape index (κ3) is 2.52. The number of aromatic nitrogens is 2. The third-order valence-corrected chi connectivity index (χ3v) is 7.03. The molecule has 0 radical (unpaired) electrons. The summed E-state index contributed by atoms with van der Waals surface area (Å²) in [6.07, 6.45) is 6.23. The molecule has 1 N–H and O–H groups in total. The summed E-state index contributed by atoms with van der Waals surface area (Å²) >= 11 is -0.532. The van der Waals surface area contributed by atoms with Crippen LogP contribution in [0.25, 0.3) is 6.08 Å². The Labute approximate surface area is 136 Å². The van der Waals surface area contributed by atoms with Gasteiger partial charge in [0.15, 0.2) is 0 Å². The van der Waals surface area contributed by atoms with Crippen LogP contribution in [0.3, 0.4) is 0 Å². The molecule has 1 aromatic heterocycles. The van der Waals surface area contributed by atoms with Gasteiger partial charge in [-0.1, -0.05) is 0 Å². The predicted molar refractivity (Wildman–Crippen MR) is 89.3 cm³/mol. The first-order chi connectivity index (χ1) is 10.5. The van der Waals surface area contributed by atoms with Crippen LogP contribution >= 0.6 is 0 Å². The van der Waals surface area contributed by atoms with E-state index >= 15 is 0 Å². The number of nitrogens with zero attached hydrogens (tertiary/aromatic N) is 2. The molecule has 1 saturated carbocycles. The fourth-order valence-electron chi connectivity index (χ4n) is 2.92. The van der Waals surface area contributed by atoms with Crippen LogP contribution in [0.1, 0.15) is 30.4 Å². The summed E-state index contributed by atoms with van der Waals surface area (Å²) in [4.78, 5) is 11.7. The predicted octanol–water partition coefficient (Wildman–Crippen LogP) is 0.957. The van der Waals surface area contributed by atoms with Gasteiger partial charge in [-0.2, -0.15) is 0 Å². The molecular weight excluding hydrogens is 339 g/mol. The fraction of sp³-hybridized carbons (Fsp3) is 0.294. The van der Waals surface area contributed by atoms with Gasteiger partial charge in [0.2, 0.25) is 0 Å². The zero-order valence-electron chi connectivity index (χ0n) is 12.5. The molecule has 1 unspecified atom stereocenters. The van der Waals surface area contributed by atoms with Crippen molar-refractivity contribution in [1.29, 1.82) is 0 Å². The summed E-state index contributed by atoms with van der Waals surface area (Å²) in [7, 11) is 1.92. The Kier molecular flexibility index (Phi) is 3.96. The molecule has 0 saturated heterocycles. The summed E-state index contributed by atoms with van der Waals surface area (Å²) in [5.41, 5.74) is 1.29. The number of aryl methyl sites for hydroxylation is 1. The second kappa shape index (κ2) is 5.77. The van der Waals surface area contributed by atoms with Crippen molar-refractivity contribution in [2.24, 2.45) is 7.05 Å². The summed E-state index contributed by atoms with van der Waals surface area (Å²) < 4.78 is 4.18. The molecule has 5 heteroatoms. The Morgan fingerprint density at radius 2 is 2.23 bits per heavy atom. The molecule has 0 amide bonds. The van der Waals surface area contributed by atoms with E-state index in [-0.39, 0.29) is 0 Å². The van der Waals surface area contributed by atoms with E-state index in [9.17, 15) is 9.90 Å². The van der Waals surface area contributed by atoms with E-state index in [1.165, 1.54) is 4.35 Å². The summed E-state index contributed by atoms with van der Waals surface area (Å²) in [5.74, 6) is -0.706. The van der Waals surface area contributed by atoms with E-state index in [4.69, 9.17) is 0 Å². The van der Waals surface area contributed by atoms with E-state index in [0.29, 0.717) is 0 Å². The van der Waals surface area contributed by atoms with Gasteiger partial charge in [-0.3, -0.25) is 0 Å². The van der Waals surface area contributed by atoms with Gasteiger partial charge in [-0.25, -0.2) is 0 Å². The van der Waals surface area contributed by atoms with Crippen LogP contribution in [0, 0.1) is 0 Å². The molecule has 22 heavy (non-hydrogen) atoms. The number of benzene rings is 1. The Balaban J connectivity index is 1.94. The van der Waals surface area contributed by atoms with Gasteiger partial charge < -0.3 is 0 Å². The first-order valence-electron chi connectivity index (χ1n) is 7.32.